The molecule has 0 spiro atoms. The number of rotatable bonds is 3. The minimum Gasteiger partial charge on any atom is -0.473 e. The summed E-state index contributed by atoms with van der Waals surface area (Å²) in [5.41, 5.74) is 0.141. The molecule has 0 fully saturated rings. The molecule has 1 heterocycles. The fraction of sp³-hybridized carbons (Fsp3) is 0.214. The highest BCUT2D eigenvalue weighted by atomic mass is 19.4. The molecule has 0 aliphatic carbocycles. The number of alkyl halides is 3. The fourth-order valence-electron chi connectivity index (χ4n) is 1.55. The van der Waals surface area contributed by atoms with Crippen molar-refractivity contribution in [2.75, 3.05) is 0 Å². The van der Waals surface area contributed by atoms with E-state index < -0.39 is 11.9 Å². The first-order valence-electron chi connectivity index (χ1n) is 5.78. The second kappa shape index (κ2) is 5.48. The lowest BCUT2D eigenvalue weighted by Gasteiger charge is -2.11. The normalized spacial score (nSPS) is 11.4. The highest BCUT2D eigenvalue weighted by molar-refractivity contribution is 5.28. The van der Waals surface area contributed by atoms with Gasteiger partial charge in [-0.15, -0.1) is 0 Å². The lowest BCUT2D eigenvalue weighted by Crippen LogP contribution is -2.10. The predicted octanol–water partition coefficient (Wildman–Crippen LogP) is 4.13. The van der Waals surface area contributed by atoms with Crippen LogP contribution in [0.5, 0.6) is 5.88 Å². The minimum atomic E-state index is -4.51. The highest BCUT2D eigenvalue weighted by Crippen LogP contribution is 2.30. The number of hydrogen-bond acceptors (Lipinski definition) is 2. The molecule has 0 aliphatic rings. The van der Waals surface area contributed by atoms with Gasteiger partial charge in [0, 0.05) is 5.56 Å². The molecule has 6 heteroatoms. The third kappa shape index (κ3) is 3.46. The van der Waals surface area contributed by atoms with Crippen LogP contribution in [0.3, 0.4) is 0 Å². The van der Waals surface area contributed by atoms with Crippen LogP contribution in [0.2, 0.25) is 0 Å². The molecule has 0 radical (unpaired) electrons. The Bertz CT molecular complexity index is 593. The van der Waals surface area contributed by atoms with Gasteiger partial charge in [-0.05, 0) is 30.7 Å². The van der Waals surface area contributed by atoms with Crippen molar-refractivity contribution in [1.82, 2.24) is 4.98 Å². The summed E-state index contributed by atoms with van der Waals surface area (Å²) < 4.78 is 55.6. The maximum Gasteiger partial charge on any atom is 0.433 e. The largest absolute Gasteiger partial charge is 0.473 e. The molecule has 0 saturated heterocycles. The van der Waals surface area contributed by atoms with Gasteiger partial charge in [-0.25, -0.2) is 9.37 Å². The topological polar surface area (TPSA) is 22.1 Å². The van der Waals surface area contributed by atoms with E-state index in [1.165, 1.54) is 30.3 Å². The van der Waals surface area contributed by atoms with Crippen molar-refractivity contribution in [3.8, 4) is 5.88 Å². The Kier molecular flexibility index (Phi) is 3.92. The Labute approximate surface area is 113 Å². The van der Waals surface area contributed by atoms with Gasteiger partial charge < -0.3 is 4.74 Å². The average Bonchev–Trinajstić information content (AvgIpc) is 2.38. The van der Waals surface area contributed by atoms with E-state index in [9.17, 15) is 17.6 Å². The Morgan fingerprint density at radius 2 is 1.70 bits per heavy atom. The monoisotopic (exact) mass is 285 g/mol. The quantitative estimate of drug-likeness (QED) is 0.791. The molecule has 0 unspecified atom stereocenters. The number of hydrogen-bond donors (Lipinski definition) is 0. The first-order valence-corrected chi connectivity index (χ1v) is 5.78. The Hall–Kier alpha value is -2.11. The number of ether oxygens (including phenoxy) is 1. The van der Waals surface area contributed by atoms with Crippen molar-refractivity contribution in [3.05, 3.63) is 59.0 Å². The lowest BCUT2D eigenvalue weighted by molar-refractivity contribution is -0.141. The lowest BCUT2D eigenvalue weighted by atomic mass is 10.2. The molecular formula is C14H11F4NO. The number of nitrogens with zero attached hydrogens (tertiary/aromatic N) is 1. The van der Waals surface area contributed by atoms with Crippen molar-refractivity contribution in [3.63, 3.8) is 0 Å². The molecule has 0 amide bonds. The average molecular weight is 285 g/mol. The summed E-state index contributed by atoms with van der Waals surface area (Å²) in [6.07, 6.45) is -4.51. The van der Waals surface area contributed by atoms with Gasteiger partial charge in [0.25, 0.3) is 0 Å². The molecule has 1 aromatic carbocycles. The molecule has 0 saturated carbocycles. The zero-order valence-corrected chi connectivity index (χ0v) is 10.5. The smallest absolute Gasteiger partial charge is 0.433 e. The Morgan fingerprint density at radius 3 is 2.30 bits per heavy atom. The molecule has 1 aromatic heterocycles. The van der Waals surface area contributed by atoms with Crippen LogP contribution in [-0.2, 0) is 12.8 Å². The number of benzene rings is 1. The maximum atomic E-state index is 12.7. The molecule has 2 rings (SSSR count). The fourth-order valence-corrected chi connectivity index (χ4v) is 1.55. The van der Waals surface area contributed by atoms with Gasteiger partial charge in [0.1, 0.15) is 18.1 Å². The van der Waals surface area contributed by atoms with Crippen molar-refractivity contribution >= 4 is 0 Å². The van der Waals surface area contributed by atoms with E-state index in [2.05, 4.69) is 4.98 Å². The molecule has 2 nitrogen and oxygen atoms in total. The van der Waals surface area contributed by atoms with Crippen LogP contribution in [0.4, 0.5) is 17.6 Å². The van der Waals surface area contributed by atoms with Crippen molar-refractivity contribution in [2.45, 2.75) is 19.7 Å². The molecule has 0 atom stereocenters. The van der Waals surface area contributed by atoms with Gasteiger partial charge in [0.05, 0.1) is 0 Å². The third-order valence-electron chi connectivity index (χ3n) is 2.63. The zero-order valence-electron chi connectivity index (χ0n) is 10.5. The predicted molar refractivity (Wildman–Crippen MR) is 64.7 cm³/mol. The van der Waals surface area contributed by atoms with Crippen LogP contribution >= 0.6 is 0 Å². The Balaban J connectivity index is 2.14. The van der Waals surface area contributed by atoms with E-state index in [0.717, 1.165) is 6.07 Å². The summed E-state index contributed by atoms with van der Waals surface area (Å²) in [7, 11) is 0. The number of aryl methyl sites for hydroxylation is 1. The maximum absolute atomic E-state index is 12.7. The summed E-state index contributed by atoms with van der Waals surface area (Å²) in [6, 6.07) is 7.71. The second-order valence-corrected chi connectivity index (χ2v) is 4.23. The molecule has 20 heavy (non-hydrogen) atoms. The van der Waals surface area contributed by atoms with Gasteiger partial charge in [-0.1, -0.05) is 18.2 Å². The first-order chi connectivity index (χ1) is 9.36. The summed E-state index contributed by atoms with van der Waals surface area (Å²) >= 11 is 0. The second-order valence-electron chi connectivity index (χ2n) is 4.23. The minimum absolute atomic E-state index is 0.0232. The molecule has 106 valence electrons. The van der Waals surface area contributed by atoms with E-state index >= 15 is 0 Å². The molecular weight excluding hydrogens is 274 g/mol. The summed E-state index contributed by atoms with van der Waals surface area (Å²) in [5.74, 6) is -0.466. The van der Waals surface area contributed by atoms with Crippen LogP contribution in [0.25, 0.3) is 0 Å². The molecule has 0 aliphatic heterocycles. The first kappa shape index (κ1) is 14.3. The zero-order chi connectivity index (χ0) is 14.8. The highest BCUT2D eigenvalue weighted by Gasteiger charge is 2.33. The van der Waals surface area contributed by atoms with Crippen LogP contribution in [0.15, 0.2) is 36.4 Å². The van der Waals surface area contributed by atoms with Crippen LogP contribution in [-0.4, -0.2) is 4.98 Å². The summed E-state index contributed by atoms with van der Waals surface area (Å²) in [6.45, 7) is 1.63. The van der Waals surface area contributed by atoms with Crippen LogP contribution in [0.1, 0.15) is 16.8 Å². The van der Waals surface area contributed by atoms with Gasteiger partial charge in [-0.2, -0.15) is 13.2 Å². The molecule has 0 N–H and O–H groups in total. The van der Waals surface area contributed by atoms with Gasteiger partial charge in [0.2, 0.25) is 5.88 Å². The summed E-state index contributed by atoms with van der Waals surface area (Å²) in [5, 5.41) is 0. The number of halogens is 4. The molecule has 0 bridgehead atoms. The Morgan fingerprint density at radius 1 is 1.05 bits per heavy atom. The summed E-state index contributed by atoms with van der Waals surface area (Å²) in [4.78, 5) is 3.45. The SMILES string of the molecule is Cc1ccc(C(F)(F)F)nc1OCc1ccc(F)cc1. The molecule has 2 aromatic rings. The van der Waals surface area contributed by atoms with E-state index in [0.29, 0.717) is 11.1 Å². The van der Waals surface area contributed by atoms with E-state index in [4.69, 9.17) is 4.74 Å². The van der Waals surface area contributed by atoms with Crippen molar-refractivity contribution < 1.29 is 22.3 Å². The third-order valence-corrected chi connectivity index (χ3v) is 2.63. The van der Waals surface area contributed by atoms with E-state index in [-0.39, 0.29) is 18.3 Å². The van der Waals surface area contributed by atoms with Crippen molar-refractivity contribution in [1.29, 1.82) is 0 Å². The van der Waals surface area contributed by atoms with Crippen LogP contribution < -0.4 is 4.74 Å². The number of aromatic nitrogens is 1. The van der Waals surface area contributed by atoms with Gasteiger partial charge in [-0.3, -0.25) is 0 Å². The van der Waals surface area contributed by atoms with E-state index in [1.807, 2.05) is 0 Å². The van der Waals surface area contributed by atoms with Crippen LogP contribution in [0, 0.1) is 12.7 Å². The van der Waals surface area contributed by atoms with E-state index in [1.54, 1.807) is 6.92 Å². The van der Waals surface area contributed by atoms with Gasteiger partial charge >= 0.3 is 6.18 Å². The van der Waals surface area contributed by atoms with Crippen molar-refractivity contribution in [2.24, 2.45) is 0 Å². The number of pyridine rings is 1. The van der Waals surface area contributed by atoms with Gasteiger partial charge in [0.15, 0.2) is 0 Å². The standard InChI is InChI=1S/C14H11F4NO/c1-9-2-7-12(14(16,17)18)19-13(9)20-8-10-3-5-11(15)6-4-10/h2-7H,8H2,1H3.